The molecule has 23 heavy (non-hydrogen) atoms. The third-order valence-electron chi connectivity index (χ3n) is 6.00. The van der Waals surface area contributed by atoms with E-state index < -0.39 is 0 Å². The van der Waals surface area contributed by atoms with E-state index in [-0.39, 0.29) is 0 Å². The quantitative estimate of drug-likeness (QED) is 0.862. The molecule has 2 nitrogen and oxygen atoms in total. The molecule has 2 aromatic carbocycles. The molecular weight excluding hydrogens is 280 g/mol. The fourth-order valence-corrected chi connectivity index (χ4v) is 4.91. The highest BCUT2D eigenvalue weighted by molar-refractivity contribution is 5.74. The Morgan fingerprint density at radius 1 is 1.04 bits per heavy atom. The van der Waals surface area contributed by atoms with Crippen LogP contribution >= 0.6 is 0 Å². The van der Waals surface area contributed by atoms with Gasteiger partial charge in [0.2, 0.25) is 0 Å². The molecule has 2 aromatic rings. The number of nitrogens with zero attached hydrogens (tertiary/aromatic N) is 1. The highest BCUT2D eigenvalue weighted by Crippen LogP contribution is 2.46. The molecule has 0 radical (unpaired) electrons. The van der Waals surface area contributed by atoms with Gasteiger partial charge in [0.25, 0.3) is 0 Å². The third kappa shape index (κ3) is 2.20. The van der Waals surface area contributed by atoms with Crippen LogP contribution < -0.4 is 10.2 Å². The van der Waals surface area contributed by atoms with Crippen molar-refractivity contribution in [2.24, 2.45) is 5.92 Å². The Morgan fingerprint density at radius 3 is 2.87 bits per heavy atom. The van der Waals surface area contributed by atoms with E-state index in [4.69, 9.17) is 0 Å². The average molecular weight is 304 g/mol. The predicted octanol–water partition coefficient (Wildman–Crippen LogP) is 3.81. The fourth-order valence-electron chi connectivity index (χ4n) is 4.91. The van der Waals surface area contributed by atoms with Crippen LogP contribution in [0.15, 0.2) is 42.5 Å². The molecule has 1 N–H and O–H groups in total. The van der Waals surface area contributed by atoms with Gasteiger partial charge in [-0.25, -0.2) is 0 Å². The number of anilines is 1. The van der Waals surface area contributed by atoms with Crippen LogP contribution in [0.5, 0.6) is 0 Å². The zero-order valence-corrected chi connectivity index (χ0v) is 13.6. The maximum Gasteiger partial charge on any atom is 0.0435 e. The van der Waals surface area contributed by atoms with E-state index in [1.54, 1.807) is 16.8 Å². The summed E-state index contributed by atoms with van der Waals surface area (Å²) < 4.78 is 0. The van der Waals surface area contributed by atoms with Crippen LogP contribution in [0, 0.1) is 5.92 Å². The predicted molar refractivity (Wildman–Crippen MR) is 96.1 cm³/mol. The molecule has 1 fully saturated rings. The van der Waals surface area contributed by atoms with Gasteiger partial charge < -0.3 is 10.2 Å². The van der Waals surface area contributed by atoms with Crippen LogP contribution in [-0.2, 0) is 6.42 Å². The second-order valence-electron chi connectivity index (χ2n) is 7.35. The van der Waals surface area contributed by atoms with Gasteiger partial charge in [0.15, 0.2) is 0 Å². The van der Waals surface area contributed by atoms with Crippen LogP contribution in [0.3, 0.4) is 0 Å². The third-order valence-corrected chi connectivity index (χ3v) is 6.00. The Kier molecular flexibility index (Phi) is 3.19. The Morgan fingerprint density at radius 2 is 1.96 bits per heavy atom. The van der Waals surface area contributed by atoms with E-state index in [0.29, 0.717) is 5.92 Å². The maximum atomic E-state index is 3.64. The van der Waals surface area contributed by atoms with E-state index in [0.717, 1.165) is 12.5 Å². The van der Waals surface area contributed by atoms with Gasteiger partial charge in [-0.05, 0) is 66.1 Å². The van der Waals surface area contributed by atoms with Gasteiger partial charge in [-0.3, -0.25) is 0 Å². The Hall–Kier alpha value is -1.80. The molecule has 0 amide bonds. The van der Waals surface area contributed by atoms with Gasteiger partial charge in [0.05, 0.1) is 0 Å². The van der Waals surface area contributed by atoms with Crippen molar-refractivity contribution >= 4 is 5.69 Å². The highest BCUT2D eigenvalue weighted by atomic mass is 15.2. The van der Waals surface area contributed by atoms with Crippen LogP contribution in [0.1, 0.15) is 29.9 Å². The van der Waals surface area contributed by atoms with Crippen LogP contribution in [0.4, 0.5) is 5.69 Å². The minimum atomic E-state index is 0.704. The normalized spacial score (nSPS) is 25.7. The molecule has 0 unspecified atom stereocenters. The largest absolute Gasteiger partial charge is 0.371 e. The second kappa shape index (κ2) is 5.38. The molecule has 2 atom stereocenters. The van der Waals surface area contributed by atoms with Crippen LogP contribution in [0.2, 0.25) is 0 Å². The molecule has 0 bridgehead atoms. The van der Waals surface area contributed by atoms with Crippen molar-refractivity contribution < 1.29 is 0 Å². The summed E-state index contributed by atoms with van der Waals surface area (Å²) in [5, 5.41) is 3.64. The molecule has 5 rings (SSSR count). The molecule has 3 aliphatic heterocycles. The summed E-state index contributed by atoms with van der Waals surface area (Å²) in [5.74, 6) is 1.54. The van der Waals surface area contributed by atoms with Crippen LogP contribution in [-0.4, -0.2) is 26.2 Å². The number of nitrogens with one attached hydrogen (secondary N) is 1. The first kappa shape index (κ1) is 13.6. The van der Waals surface area contributed by atoms with Gasteiger partial charge in [-0.15, -0.1) is 0 Å². The summed E-state index contributed by atoms with van der Waals surface area (Å²) in [7, 11) is 0. The lowest BCUT2D eigenvalue weighted by Crippen LogP contribution is -2.47. The molecule has 118 valence electrons. The smallest absolute Gasteiger partial charge is 0.0435 e. The summed E-state index contributed by atoms with van der Waals surface area (Å²) >= 11 is 0. The fraction of sp³-hybridized carbons (Fsp3) is 0.429. The number of rotatable bonds is 1. The van der Waals surface area contributed by atoms with Gasteiger partial charge >= 0.3 is 0 Å². The van der Waals surface area contributed by atoms with Gasteiger partial charge in [0, 0.05) is 31.2 Å². The topological polar surface area (TPSA) is 15.3 Å². The van der Waals surface area contributed by atoms with Crippen molar-refractivity contribution in [2.45, 2.75) is 25.2 Å². The number of benzene rings is 2. The molecule has 0 aliphatic carbocycles. The first-order chi connectivity index (χ1) is 11.4. The van der Waals surface area contributed by atoms with Crippen molar-refractivity contribution in [3.8, 4) is 11.1 Å². The monoisotopic (exact) mass is 304 g/mol. The summed E-state index contributed by atoms with van der Waals surface area (Å²) in [5.41, 5.74) is 7.55. The average Bonchev–Trinajstić information content (AvgIpc) is 2.62. The molecule has 3 aliphatic rings. The number of piperidine rings is 1. The lowest BCUT2D eigenvalue weighted by atomic mass is 9.74. The van der Waals surface area contributed by atoms with Crippen molar-refractivity contribution in [1.82, 2.24) is 5.32 Å². The minimum absolute atomic E-state index is 0.704. The second-order valence-corrected chi connectivity index (χ2v) is 7.35. The molecule has 2 heteroatoms. The van der Waals surface area contributed by atoms with E-state index in [2.05, 4.69) is 52.7 Å². The highest BCUT2D eigenvalue weighted by Gasteiger charge is 2.37. The Labute approximate surface area is 138 Å². The van der Waals surface area contributed by atoms with Crippen molar-refractivity contribution in [2.75, 3.05) is 31.1 Å². The zero-order valence-electron chi connectivity index (χ0n) is 13.6. The zero-order chi connectivity index (χ0) is 15.2. The Bertz CT molecular complexity index is 722. The molecule has 0 saturated carbocycles. The summed E-state index contributed by atoms with van der Waals surface area (Å²) in [6.45, 7) is 4.87. The maximum absolute atomic E-state index is 3.64. The van der Waals surface area contributed by atoms with Crippen molar-refractivity contribution in [3.05, 3.63) is 53.6 Å². The summed E-state index contributed by atoms with van der Waals surface area (Å²) in [6, 6.07) is 15.8. The van der Waals surface area contributed by atoms with Gasteiger partial charge in [-0.1, -0.05) is 30.3 Å². The molecular formula is C21H24N2. The van der Waals surface area contributed by atoms with Crippen LogP contribution in [0.25, 0.3) is 11.1 Å². The van der Waals surface area contributed by atoms with Crippen molar-refractivity contribution in [3.63, 3.8) is 0 Å². The molecule has 3 heterocycles. The van der Waals surface area contributed by atoms with Crippen molar-refractivity contribution in [1.29, 1.82) is 0 Å². The Balaban J connectivity index is 1.68. The number of aryl methyl sites for hydroxylation is 1. The summed E-state index contributed by atoms with van der Waals surface area (Å²) in [4.78, 5) is 2.69. The first-order valence-corrected chi connectivity index (χ1v) is 9.08. The van der Waals surface area contributed by atoms with Gasteiger partial charge in [0.1, 0.15) is 0 Å². The lowest BCUT2D eigenvalue weighted by molar-refractivity contribution is 0.309. The number of fused-ring (bicyclic) bond motifs is 2. The van der Waals surface area contributed by atoms with Gasteiger partial charge in [-0.2, -0.15) is 0 Å². The summed E-state index contributed by atoms with van der Waals surface area (Å²) in [6.07, 6.45) is 3.87. The van der Waals surface area contributed by atoms with E-state index in [9.17, 15) is 0 Å². The SMILES string of the molecule is c1ccc(-c2cc3c4c(c2)[C@@H]2CNCC[C@@H]2CN4CCC3)cc1. The number of hydrogen-bond donors (Lipinski definition) is 1. The van der Waals surface area contributed by atoms with E-state index in [1.807, 2.05) is 0 Å². The first-order valence-electron chi connectivity index (χ1n) is 9.08. The molecule has 0 spiro atoms. The standard InChI is InChI=1S/C21H24N2/c1-2-5-15(6-3-1)18-11-16-7-4-10-23-14-17-8-9-22-13-20(17)19(12-18)21(16)23/h1-3,5-6,11-12,17,20,22H,4,7-10,13-14H2/t17-,20-/m1/s1. The number of hydrogen-bond acceptors (Lipinski definition) is 2. The molecule has 0 aromatic heterocycles. The van der Waals surface area contributed by atoms with E-state index >= 15 is 0 Å². The van der Waals surface area contributed by atoms with E-state index in [1.165, 1.54) is 50.0 Å². The molecule has 1 saturated heterocycles. The lowest BCUT2D eigenvalue weighted by Gasteiger charge is -2.46. The minimum Gasteiger partial charge on any atom is -0.371 e.